The third-order valence-corrected chi connectivity index (χ3v) is 3.64. The highest BCUT2D eigenvalue weighted by Crippen LogP contribution is 2.34. The van der Waals surface area contributed by atoms with Gasteiger partial charge in [-0.05, 0) is 12.1 Å². The fourth-order valence-corrected chi connectivity index (χ4v) is 2.62. The zero-order valence-corrected chi connectivity index (χ0v) is 12.9. The molecule has 0 saturated carbocycles. The molecule has 1 aromatic carbocycles. The summed E-state index contributed by atoms with van der Waals surface area (Å²) in [5.74, 6) is -1.86. The van der Waals surface area contributed by atoms with Crippen molar-refractivity contribution in [2.45, 2.75) is 18.9 Å². The molecule has 2 rings (SSSR count). The van der Waals surface area contributed by atoms with Gasteiger partial charge in [-0.2, -0.15) is 0 Å². The van der Waals surface area contributed by atoms with E-state index in [-0.39, 0.29) is 23.7 Å². The van der Waals surface area contributed by atoms with Crippen LogP contribution in [0.2, 0.25) is 0 Å². The molecule has 3 nitrogen and oxygen atoms in total. The summed E-state index contributed by atoms with van der Waals surface area (Å²) in [4.78, 5) is 1.68. The Hall–Kier alpha value is -1.05. The van der Waals surface area contributed by atoms with Gasteiger partial charge in [-0.25, -0.2) is 17.6 Å². The van der Waals surface area contributed by atoms with Gasteiger partial charge in [0.05, 0.1) is 7.11 Å². The molecule has 1 N–H and O–H groups in total. The number of nitrogens with one attached hydrogen (secondary N) is 1. The third-order valence-electron chi connectivity index (χ3n) is 3.64. The molecule has 0 aliphatic carbocycles. The van der Waals surface area contributed by atoms with Crippen LogP contribution in [0.3, 0.4) is 0 Å². The Kier molecular flexibility index (Phi) is 7.38. The summed E-state index contributed by atoms with van der Waals surface area (Å²) >= 11 is 0. The fraction of sp³-hybridized carbons (Fsp3) is 0.571. The average Bonchev–Trinajstić information content (AvgIpc) is 2.47. The molecule has 0 unspecified atom stereocenters. The van der Waals surface area contributed by atoms with Crippen molar-refractivity contribution >= 4 is 12.4 Å². The number of ether oxygens (including phenoxy) is 1. The van der Waals surface area contributed by atoms with E-state index in [1.807, 2.05) is 0 Å². The second-order valence-corrected chi connectivity index (χ2v) is 4.91. The SMILES string of the molecule is COc1ccc(F)c([C@H](CC(F)F)N2CCNCC2)c1F.Cl. The Labute approximate surface area is 133 Å². The van der Waals surface area contributed by atoms with Gasteiger partial charge in [0.15, 0.2) is 11.6 Å². The number of alkyl halides is 2. The molecule has 0 bridgehead atoms. The molecule has 0 spiro atoms. The van der Waals surface area contributed by atoms with Crippen LogP contribution in [-0.2, 0) is 0 Å². The first-order chi connectivity index (χ1) is 10.0. The van der Waals surface area contributed by atoms with Gasteiger partial charge in [0.25, 0.3) is 0 Å². The first-order valence-corrected chi connectivity index (χ1v) is 6.79. The van der Waals surface area contributed by atoms with Crippen LogP contribution >= 0.6 is 12.4 Å². The molecule has 8 heteroatoms. The van der Waals surface area contributed by atoms with E-state index in [0.29, 0.717) is 26.2 Å². The fourth-order valence-electron chi connectivity index (χ4n) is 2.62. The van der Waals surface area contributed by atoms with E-state index in [2.05, 4.69) is 5.32 Å². The predicted octanol–water partition coefficient (Wildman–Crippen LogP) is 3.00. The third kappa shape index (κ3) is 4.24. The molecule has 1 atom stereocenters. The highest BCUT2D eigenvalue weighted by Gasteiger charge is 2.31. The molecule has 1 heterocycles. The van der Waals surface area contributed by atoms with E-state index in [4.69, 9.17) is 4.74 Å². The largest absolute Gasteiger partial charge is 0.494 e. The van der Waals surface area contributed by atoms with Crippen LogP contribution in [0, 0.1) is 11.6 Å². The molecule has 0 radical (unpaired) electrons. The maximum absolute atomic E-state index is 14.3. The van der Waals surface area contributed by atoms with E-state index >= 15 is 0 Å². The molecule has 126 valence electrons. The van der Waals surface area contributed by atoms with Gasteiger partial charge in [-0.3, -0.25) is 4.90 Å². The van der Waals surface area contributed by atoms with Crippen molar-refractivity contribution in [2.24, 2.45) is 0 Å². The molecule has 1 aliphatic heterocycles. The number of piperazine rings is 1. The molecular weight excluding hydrogens is 324 g/mol. The lowest BCUT2D eigenvalue weighted by atomic mass is 9.99. The standard InChI is InChI=1S/C14H18F4N2O.ClH/c1-21-11-3-2-9(15)13(14(11)18)10(8-12(16)17)20-6-4-19-5-7-20;/h2-3,10,12,19H,4-8H2,1H3;1H/t10-;/m0./s1. The second kappa shape index (κ2) is 8.55. The van der Waals surface area contributed by atoms with Crippen molar-refractivity contribution in [3.63, 3.8) is 0 Å². The van der Waals surface area contributed by atoms with Crippen molar-refractivity contribution in [3.8, 4) is 5.75 Å². The van der Waals surface area contributed by atoms with Gasteiger partial charge in [0, 0.05) is 44.2 Å². The molecule has 1 aliphatic rings. The summed E-state index contributed by atoms with van der Waals surface area (Å²) in [7, 11) is 1.26. The van der Waals surface area contributed by atoms with Crippen molar-refractivity contribution in [2.75, 3.05) is 33.3 Å². The van der Waals surface area contributed by atoms with Gasteiger partial charge in [0.2, 0.25) is 6.43 Å². The predicted molar refractivity (Wildman–Crippen MR) is 78.0 cm³/mol. The summed E-state index contributed by atoms with van der Waals surface area (Å²) in [6.45, 7) is 2.14. The van der Waals surface area contributed by atoms with Crippen LogP contribution < -0.4 is 10.1 Å². The number of hydrogen-bond acceptors (Lipinski definition) is 3. The van der Waals surface area contributed by atoms with Crippen LogP contribution in [0.4, 0.5) is 17.6 Å². The first kappa shape index (κ1) is 19.0. The number of nitrogens with zero attached hydrogens (tertiary/aromatic N) is 1. The molecule has 22 heavy (non-hydrogen) atoms. The summed E-state index contributed by atoms with van der Waals surface area (Å²) in [5, 5.41) is 3.08. The zero-order chi connectivity index (χ0) is 15.4. The van der Waals surface area contributed by atoms with Crippen molar-refractivity contribution in [3.05, 3.63) is 29.3 Å². The zero-order valence-electron chi connectivity index (χ0n) is 12.1. The first-order valence-electron chi connectivity index (χ1n) is 6.79. The monoisotopic (exact) mass is 342 g/mol. The Balaban J connectivity index is 0.00000242. The summed E-state index contributed by atoms with van der Waals surface area (Å²) < 4.78 is 58.9. The van der Waals surface area contributed by atoms with Crippen LogP contribution in [0.25, 0.3) is 0 Å². The van der Waals surface area contributed by atoms with E-state index in [0.717, 1.165) is 12.1 Å². The van der Waals surface area contributed by atoms with Crippen molar-refractivity contribution < 1.29 is 22.3 Å². The van der Waals surface area contributed by atoms with E-state index in [1.165, 1.54) is 7.11 Å². The minimum atomic E-state index is -2.64. The van der Waals surface area contributed by atoms with E-state index < -0.39 is 30.5 Å². The van der Waals surface area contributed by atoms with E-state index in [9.17, 15) is 17.6 Å². The lowest BCUT2D eigenvalue weighted by Crippen LogP contribution is -2.46. The summed E-state index contributed by atoms with van der Waals surface area (Å²) in [6, 6.07) is 1.21. The van der Waals surface area contributed by atoms with Crippen LogP contribution in [0.5, 0.6) is 5.75 Å². The highest BCUT2D eigenvalue weighted by molar-refractivity contribution is 5.85. The normalized spacial score (nSPS) is 17.2. The maximum Gasteiger partial charge on any atom is 0.240 e. The Morgan fingerprint density at radius 1 is 1.23 bits per heavy atom. The highest BCUT2D eigenvalue weighted by atomic mass is 35.5. The summed E-state index contributed by atoms with van der Waals surface area (Å²) in [6.07, 6.45) is -3.25. The molecule has 0 aromatic heterocycles. The van der Waals surface area contributed by atoms with Gasteiger partial charge < -0.3 is 10.1 Å². The minimum Gasteiger partial charge on any atom is -0.494 e. The lowest BCUT2D eigenvalue weighted by Gasteiger charge is -2.35. The van der Waals surface area contributed by atoms with Gasteiger partial charge in [-0.1, -0.05) is 0 Å². The van der Waals surface area contributed by atoms with Crippen molar-refractivity contribution in [1.82, 2.24) is 10.2 Å². The number of rotatable bonds is 5. The molecule has 0 amide bonds. The number of hydrogen-bond donors (Lipinski definition) is 1. The van der Waals surface area contributed by atoms with Crippen LogP contribution in [0.15, 0.2) is 12.1 Å². The number of halogens is 5. The van der Waals surface area contributed by atoms with Gasteiger partial charge in [-0.15, -0.1) is 12.4 Å². The smallest absolute Gasteiger partial charge is 0.240 e. The lowest BCUT2D eigenvalue weighted by molar-refractivity contribution is 0.0707. The number of benzene rings is 1. The van der Waals surface area contributed by atoms with Crippen LogP contribution in [0.1, 0.15) is 18.0 Å². The van der Waals surface area contributed by atoms with Crippen LogP contribution in [-0.4, -0.2) is 44.6 Å². The maximum atomic E-state index is 14.3. The Bertz CT molecular complexity index is 484. The average molecular weight is 343 g/mol. The van der Waals surface area contributed by atoms with E-state index in [1.54, 1.807) is 4.90 Å². The quantitative estimate of drug-likeness (QED) is 0.833. The molecule has 1 saturated heterocycles. The second-order valence-electron chi connectivity index (χ2n) is 4.91. The summed E-state index contributed by atoms with van der Waals surface area (Å²) in [5.41, 5.74) is -0.337. The van der Waals surface area contributed by atoms with Gasteiger partial charge in [0.1, 0.15) is 5.82 Å². The van der Waals surface area contributed by atoms with Gasteiger partial charge >= 0.3 is 0 Å². The van der Waals surface area contributed by atoms with Crippen molar-refractivity contribution in [1.29, 1.82) is 0 Å². The molecule has 1 aromatic rings. The molecule has 1 fully saturated rings. The Morgan fingerprint density at radius 3 is 2.41 bits per heavy atom. The Morgan fingerprint density at radius 2 is 1.86 bits per heavy atom. The minimum absolute atomic E-state index is 0. The topological polar surface area (TPSA) is 24.5 Å². The molecular formula is C14H19ClF4N2O. The number of methoxy groups -OCH3 is 1.